The number of carbonyl (C=O) groups is 2. The van der Waals surface area contributed by atoms with E-state index in [4.69, 9.17) is 15.9 Å². The third kappa shape index (κ3) is 6.60. The zero-order valence-corrected chi connectivity index (χ0v) is 22.1. The summed E-state index contributed by atoms with van der Waals surface area (Å²) >= 11 is 0. The lowest BCUT2D eigenvalue weighted by atomic mass is 9.77. The number of nitriles is 1. The number of hydrogen-bond acceptors (Lipinski definition) is 9. The summed E-state index contributed by atoms with van der Waals surface area (Å²) < 4.78 is 10.8. The highest BCUT2D eigenvalue weighted by atomic mass is 16.6. The van der Waals surface area contributed by atoms with Gasteiger partial charge in [0.15, 0.2) is 11.5 Å². The number of nitrogens with one attached hydrogen (secondary N) is 1. The largest absolute Gasteiger partial charge is 0.443 e. The van der Waals surface area contributed by atoms with Gasteiger partial charge in [-0.1, -0.05) is 0 Å². The minimum atomic E-state index is -0.992. The topological polar surface area (TPSA) is 130 Å². The second-order valence-corrected chi connectivity index (χ2v) is 10.7. The smallest absolute Gasteiger partial charge is 0.425 e. The number of pyridine rings is 1. The predicted octanol–water partition coefficient (Wildman–Crippen LogP) is 4.34. The standard InChI is InChI=1S/C27H32N6O4/c1-8-19-22(33(23(34)36-25(2,3)4)24(35)37-26(5,6)7)31-16-20(32-19)18-9-12-30-21(15-18)27(17-28)10-13-29-14-11-27/h1,9,12,15-16,29H,10-11,13-14H2,2-7H3. The van der Waals surface area contributed by atoms with Gasteiger partial charge in [0.05, 0.1) is 23.7 Å². The molecule has 0 radical (unpaired) electrons. The van der Waals surface area contributed by atoms with Crippen LogP contribution in [-0.2, 0) is 14.9 Å². The molecule has 0 aromatic carbocycles. The summed E-state index contributed by atoms with van der Waals surface area (Å²) in [4.78, 5) is 40.0. The van der Waals surface area contributed by atoms with Gasteiger partial charge in [-0.25, -0.2) is 19.6 Å². The number of hydrogen-bond donors (Lipinski definition) is 1. The van der Waals surface area contributed by atoms with Crippen LogP contribution in [-0.4, -0.2) is 51.4 Å². The van der Waals surface area contributed by atoms with Crippen LogP contribution in [0.4, 0.5) is 15.4 Å². The van der Waals surface area contributed by atoms with Gasteiger partial charge in [-0.2, -0.15) is 10.2 Å². The molecule has 0 bridgehead atoms. The second kappa shape index (κ2) is 10.5. The van der Waals surface area contributed by atoms with Crippen molar-refractivity contribution in [2.75, 3.05) is 18.0 Å². The van der Waals surface area contributed by atoms with Crippen LogP contribution >= 0.6 is 0 Å². The van der Waals surface area contributed by atoms with Crippen molar-refractivity contribution in [1.29, 1.82) is 5.26 Å². The quantitative estimate of drug-likeness (QED) is 0.606. The number of terminal acetylenes is 1. The van der Waals surface area contributed by atoms with Crippen LogP contribution in [0, 0.1) is 23.7 Å². The maximum absolute atomic E-state index is 13.0. The van der Waals surface area contributed by atoms with Gasteiger partial charge < -0.3 is 14.8 Å². The van der Waals surface area contributed by atoms with Gasteiger partial charge in [-0.15, -0.1) is 6.42 Å². The molecule has 0 unspecified atom stereocenters. The number of anilines is 1. The Morgan fingerprint density at radius 2 is 1.68 bits per heavy atom. The van der Waals surface area contributed by atoms with Crippen molar-refractivity contribution >= 4 is 18.0 Å². The summed E-state index contributed by atoms with van der Waals surface area (Å²) in [5, 5.41) is 13.2. The summed E-state index contributed by atoms with van der Waals surface area (Å²) in [5.41, 5.74) is -0.839. The minimum Gasteiger partial charge on any atom is -0.443 e. The van der Waals surface area contributed by atoms with Crippen LogP contribution in [0.2, 0.25) is 0 Å². The molecule has 1 N–H and O–H groups in total. The van der Waals surface area contributed by atoms with Crippen molar-refractivity contribution < 1.29 is 19.1 Å². The van der Waals surface area contributed by atoms with Gasteiger partial charge in [0.2, 0.25) is 0 Å². The SMILES string of the molecule is C#Cc1nc(-c2ccnc(C3(C#N)CCNCC3)c2)cnc1N(C(=O)OC(C)(C)C)C(=O)OC(C)(C)C. The Kier molecular flexibility index (Phi) is 7.85. The van der Waals surface area contributed by atoms with Gasteiger partial charge >= 0.3 is 12.2 Å². The molecule has 0 aliphatic carbocycles. The maximum atomic E-state index is 13.0. The fraction of sp³-hybridized carbons (Fsp3) is 0.481. The molecule has 3 rings (SSSR count). The van der Waals surface area contributed by atoms with Gasteiger partial charge in [0.1, 0.15) is 16.6 Å². The van der Waals surface area contributed by atoms with Crippen LogP contribution in [0.25, 0.3) is 11.3 Å². The average molecular weight is 505 g/mol. The van der Waals surface area contributed by atoms with E-state index in [0.717, 1.165) is 13.1 Å². The van der Waals surface area contributed by atoms with Crippen LogP contribution in [0.1, 0.15) is 65.8 Å². The molecule has 0 atom stereocenters. The molecule has 1 fully saturated rings. The van der Waals surface area contributed by atoms with E-state index in [0.29, 0.717) is 34.7 Å². The van der Waals surface area contributed by atoms with Gasteiger partial charge in [0, 0.05) is 11.8 Å². The van der Waals surface area contributed by atoms with Crippen molar-refractivity contribution in [2.24, 2.45) is 0 Å². The average Bonchev–Trinajstić information content (AvgIpc) is 2.82. The van der Waals surface area contributed by atoms with Gasteiger partial charge in [-0.3, -0.25) is 4.98 Å². The number of aromatic nitrogens is 3. The number of nitrogens with zero attached hydrogens (tertiary/aromatic N) is 5. The number of amides is 2. The Bertz CT molecular complexity index is 1230. The molecule has 2 amide bonds. The first-order valence-corrected chi connectivity index (χ1v) is 12.0. The zero-order valence-electron chi connectivity index (χ0n) is 22.1. The Balaban J connectivity index is 2.05. The predicted molar refractivity (Wildman–Crippen MR) is 138 cm³/mol. The number of piperidine rings is 1. The molecule has 1 aliphatic heterocycles. The molecule has 0 spiro atoms. The number of imide groups is 1. The van der Waals surface area contributed by atoms with Crippen molar-refractivity contribution in [3.63, 3.8) is 0 Å². The zero-order chi connectivity index (χ0) is 27.4. The fourth-order valence-corrected chi connectivity index (χ4v) is 3.78. The number of carbonyl (C=O) groups excluding carboxylic acids is 2. The highest BCUT2D eigenvalue weighted by molar-refractivity contribution is 6.09. The fourth-order valence-electron chi connectivity index (χ4n) is 3.78. The summed E-state index contributed by atoms with van der Waals surface area (Å²) in [6.45, 7) is 11.5. The lowest BCUT2D eigenvalue weighted by molar-refractivity contribution is 0.0428. The van der Waals surface area contributed by atoms with Crippen LogP contribution in [0.5, 0.6) is 0 Å². The van der Waals surface area contributed by atoms with Gasteiger partial charge in [-0.05, 0) is 85.5 Å². The number of ether oxygens (including phenoxy) is 2. The van der Waals surface area contributed by atoms with Gasteiger partial charge in [0.25, 0.3) is 0 Å². The van der Waals surface area contributed by atoms with E-state index in [1.54, 1.807) is 59.9 Å². The highest BCUT2D eigenvalue weighted by Gasteiger charge is 2.37. The minimum absolute atomic E-state index is 0.0514. The lowest BCUT2D eigenvalue weighted by Gasteiger charge is -2.30. The van der Waals surface area contributed by atoms with E-state index in [1.165, 1.54) is 6.20 Å². The van der Waals surface area contributed by atoms with E-state index in [1.807, 2.05) is 0 Å². The lowest BCUT2D eigenvalue weighted by Crippen LogP contribution is -2.44. The molecule has 37 heavy (non-hydrogen) atoms. The van der Waals surface area contributed by atoms with Crippen molar-refractivity contribution in [3.05, 3.63) is 35.9 Å². The molecule has 2 aromatic rings. The third-order valence-corrected chi connectivity index (χ3v) is 5.47. The summed E-state index contributed by atoms with van der Waals surface area (Å²) in [7, 11) is 0. The molecular formula is C27H32N6O4. The first-order chi connectivity index (χ1) is 17.3. The van der Waals surface area contributed by atoms with E-state index in [-0.39, 0.29) is 11.5 Å². The van der Waals surface area contributed by atoms with Crippen molar-refractivity contribution in [3.8, 4) is 29.7 Å². The molecule has 0 saturated carbocycles. The van der Waals surface area contributed by atoms with E-state index >= 15 is 0 Å². The summed E-state index contributed by atoms with van der Waals surface area (Å²) in [5.74, 6) is 2.23. The van der Waals surface area contributed by atoms with Crippen molar-refractivity contribution in [2.45, 2.75) is 71.0 Å². The Hall–Kier alpha value is -4.02. The molecule has 1 saturated heterocycles. The van der Waals surface area contributed by atoms with E-state index in [2.05, 4.69) is 32.3 Å². The molecule has 3 heterocycles. The molecule has 194 valence electrons. The maximum Gasteiger partial charge on any atom is 0.425 e. The Labute approximate surface area is 217 Å². The number of rotatable bonds is 3. The Morgan fingerprint density at radius 1 is 1.08 bits per heavy atom. The first kappa shape index (κ1) is 27.6. The summed E-state index contributed by atoms with van der Waals surface area (Å²) in [6.07, 6.45) is 8.05. The van der Waals surface area contributed by atoms with Crippen LogP contribution in [0.15, 0.2) is 24.5 Å². The van der Waals surface area contributed by atoms with Crippen LogP contribution < -0.4 is 10.2 Å². The molecule has 2 aromatic heterocycles. The van der Waals surface area contributed by atoms with Crippen LogP contribution in [0.3, 0.4) is 0 Å². The van der Waals surface area contributed by atoms with E-state index in [9.17, 15) is 14.9 Å². The third-order valence-electron chi connectivity index (χ3n) is 5.47. The first-order valence-electron chi connectivity index (χ1n) is 12.0. The molecule has 10 nitrogen and oxygen atoms in total. The monoisotopic (exact) mass is 504 g/mol. The Morgan fingerprint density at radius 3 is 2.19 bits per heavy atom. The van der Waals surface area contributed by atoms with Crippen molar-refractivity contribution in [1.82, 2.24) is 20.3 Å². The molecular weight excluding hydrogens is 472 g/mol. The summed E-state index contributed by atoms with van der Waals surface area (Å²) in [6, 6.07) is 5.98. The van der Waals surface area contributed by atoms with E-state index < -0.39 is 28.8 Å². The molecule has 1 aliphatic rings. The second-order valence-electron chi connectivity index (χ2n) is 10.7. The molecule has 10 heteroatoms. The normalized spacial score (nSPS) is 15.1. The highest BCUT2D eigenvalue weighted by Crippen LogP contribution is 2.33.